The first kappa shape index (κ1) is 13.4. The van der Waals surface area contributed by atoms with E-state index in [0.29, 0.717) is 24.0 Å². The fraction of sp³-hybridized carbons (Fsp3) is 0.600. The molecule has 0 aromatic carbocycles. The molecule has 6 nitrogen and oxygen atoms in total. The largest absolute Gasteiger partial charge is 0.450 e. The van der Waals surface area contributed by atoms with Gasteiger partial charge in [0.05, 0.1) is 13.0 Å². The standard InChI is InChI=1S/C10H9F3N4O2S/c11-10(12,13)6(18)3-7-16-17-8(5-1-2-19-4-5)14-15-9(17)20-7/h5H,1-4H2. The summed E-state index contributed by atoms with van der Waals surface area (Å²) >= 11 is 0.938. The van der Waals surface area contributed by atoms with Gasteiger partial charge in [-0.25, -0.2) is 0 Å². The molecule has 1 saturated heterocycles. The minimum atomic E-state index is -4.84. The number of rotatable bonds is 3. The molecule has 0 amide bonds. The molecule has 2 aromatic heterocycles. The number of alkyl halides is 3. The van der Waals surface area contributed by atoms with E-state index in [0.717, 1.165) is 17.8 Å². The molecule has 20 heavy (non-hydrogen) atoms. The van der Waals surface area contributed by atoms with E-state index in [2.05, 4.69) is 15.3 Å². The normalized spacial score (nSPS) is 19.9. The third kappa shape index (κ3) is 2.40. The molecule has 1 unspecified atom stereocenters. The number of aromatic nitrogens is 4. The van der Waals surface area contributed by atoms with Gasteiger partial charge in [0.15, 0.2) is 5.82 Å². The Kier molecular flexibility index (Phi) is 3.21. The smallest absolute Gasteiger partial charge is 0.381 e. The summed E-state index contributed by atoms with van der Waals surface area (Å²) in [4.78, 5) is 11.3. The molecule has 1 atom stereocenters. The highest BCUT2D eigenvalue weighted by molar-refractivity contribution is 7.16. The van der Waals surface area contributed by atoms with Crippen molar-refractivity contribution < 1.29 is 22.7 Å². The minimum absolute atomic E-state index is 0.0401. The maximum atomic E-state index is 12.2. The number of ether oxygens (including phenoxy) is 1. The van der Waals surface area contributed by atoms with Gasteiger partial charge in [-0.15, -0.1) is 10.2 Å². The van der Waals surface area contributed by atoms with Gasteiger partial charge in [0.2, 0.25) is 10.7 Å². The Balaban J connectivity index is 1.86. The van der Waals surface area contributed by atoms with Gasteiger partial charge in [-0.2, -0.15) is 22.8 Å². The van der Waals surface area contributed by atoms with Gasteiger partial charge >= 0.3 is 6.18 Å². The summed E-state index contributed by atoms with van der Waals surface area (Å²) in [5.41, 5.74) is 0. The molecular weight excluding hydrogens is 297 g/mol. The molecule has 1 aliphatic heterocycles. The molecule has 3 rings (SSSR count). The van der Waals surface area contributed by atoms with Crippen molar-refractivity contribution in [1.82, 2.24) is 19.8 Å². The monoisotopic (exact) mass is 306 g/mol. The highest BCUT2D eigenvalue weighted by Crippen LogP contribution is 2.26. The first-order valence-corrected chi connectivity index (χ1v) is 6.65. The number of hydrogen-bond acceptors (Lipinski definition) is 6. The van der Waals surface area contributed by atoms with Crippen molar-refractivity contribution in [2.24, 2.45) is 0 Å². The third-order valence-corrected chi connectivity index (χ3v) is 3.88. The second kappa shape index (κ2) is 4.77. The molecule has 0 bridgehead atoms. The molecule has 0 N–H and O–H groups in total. The number of nitrogens with zero attached hydrogens (tertiary/aromatic N) is 4. The number of ketones is 1. The van der Waals surface area contributed by atoms with Gasteiger partial charge < -0.3 is 4.74 Å². The van der Waals surface area contributed by atoms with Gasteiger partial charge in [-0.05, 0) is 6.42 Å². The zero-order valence-electron chi connectivity index (χ0n) is 10.1. The van der Waals surface area contributed by atoms with Crippen LogP contribution in [0.25, 0.3) is 4.96 Å². The minimum Gasteiger partial charge on any atom is -0.381 e. The van der Waals surface area contributed by atoms with Crippen molar-refractivity contribution >= 4 is 22.1 Å². The van der Waals surface area contributed by atoms with Gasteiger partial charge in [0.25, 0.3) is 0 Å². The fourth-order valence-electron chi connectivity index (χ4n) is 1.97. The Labute approximate surface area is 114 Å². The summed E-state index contributed by atoms with van der Waals surface area (Å²) in [6.45, 7) is 1.11. The SMILES string of the molecule is O=C(Cc1nn2c(C3CCOC3)nnc2s1)C(F)(F)F. The second-order valence-corrected chi connectivity index (χ2v) is 5.45. The van der Waals surface area contributed by atoms with E-state index in [4.69, 9.17) is 4.74 Å². The Morgan fingerprint density at radius 2 is 2.25 bits per heavy atom. The van der Waals surface area contributed by atoms with Gasteiger partial charge in [-0.3, -0.25) is 4.79 Å². The van der Waals surface area contributed by atoms with E-state index in [1.54, 1.807) is 0 Å². The Morgan fingerprint density at radius 3 is 2.90 bits per heavy atom. The van der Waals surface area contributed by atoms with Crippen LogP contribution in [0.15, 0.2) is 0 Å². The lowest BCUT2D eigenvalue weighted by Crippen LogP contribution is -2.24. The van der Waals surface area contributed by atoms with Crippen molar-refractivity contribution in [2.75, 3.05) is 13.2 Å². The highest BCUT2D eigenvalue weighted by Gasteiger charge is 2.38. The van der Waals surface area contributed by atoms with E-state index in [9.17, 15) is 18.0 Å². The third-order valence-electron chi connectivity index (χ3n) is 2.98. The summed E-state index contributed by atoms with van der Waals surface area (Å²) < 4.78 is 43.3. The van der Waals surface area contributed by atoms with Crippen LogP contribution >= 0.6 is 11.3 Å². The quantitative estimate of drug-likeness (QED) is 0.856. The summed E-state index contributed by atoms with van der Waals surface area (Å²) in [5.74, 6) is -1.20. The molecule has 0 saturated carbocycles. The maximum absolute atomic E-state index is 12.2. The zero-order valence-corrected chi connectivity index (χ0v) is 10.9. The van der Waals surface area contributed by atoms with Crippen molar-refractivity contribution in [3.8, 4) is 0 Å². The molecule has 1 aliphatic rings. The molecule has 10 heteroatoms. The maximum Gasteiger partial charge on any atom is 0.450 e. The molecule has 1 fully saturated rings. The number of hydrogen-bond donors (Lipinski definition) is 0. The summed E-state index contributed by atoms with van der Waals surface area (Å²) in [6, 6.07) is 0. The van der Waals surface area contributed by atoms with Crippen LogP contribution in [-0.2, 0) is 16.0 Å². The summed E-state index contributed by atoms with van der Waals surface area (Å²) in [6.07, 6.45) is -4.83. The lowest BCUT2D eigenvalue weighted by atomic mass is 10.1. The molecule has 3 heterocycles. The van der Waals surface area contributed by atoms with E-state index >= 15 is 0 Å². The average Bonchev–Trinajstić information content (AvgIpc) is 3.01. The number of Topliss-reactive ketones (excluding diaryl/α,β-unsaturated/α-hetero) is 1. The van der Waals surface area contributed by atoms with Gasteiger partial charge in [0.1, 0.15) is 5.01 Å². The van der Waals surface area contributed by atoms with Crippen LogP contribution in [0.3, 0.4) is 0 Å². The number of carbonyl (C=O) groups excluding carboxylic acids is 1. The topological polar surface area (TPSA) is 69.4 Å². The molecule has 0 radical (unpaired) electrons. The van der Waals surface area contributed by atoms with Crippen LogP contribution in [0.5, 0.6) is 0 Å². The van der Waals surface area contributed by atoms with Crippen LogP contribution < -0.4 is 0 Å². The lowest BCUT2D eigenvalue weighted by molar-refractivity contribution is -0.170. The van der Waals surface area contributed by atoms with Crippen molar-refractivity contribution in [2.45, 2.75) is 24.9 Å². The Bertz CT molecular complexity index is 644. The number of fused-ring (bicyclic) bond motifs is 1. The second-order valence-electron chi connectivity index (χ2n) is 4.41. The van der Waals surface area contributed by atoms with E-state index in [1.165, 1.54) is 4.52 Å². The first-order valence-electron chi connectivity index (χ1n) is 5.84. The lowest BCUT2D eigenvalue weighted by Gasteiger charge is -2.03. The number of halogens is 3. The van der Waals surface area contributed by atoms with Crippen LogP contribution in [0, 0.1) is 0 Å². The number of carbonyl (C=O) groups is 1. The van der Waals surface area contributed by atoms with E-state index in [1.807, 2.05) is 0 Å². The Hall–Kier alpha value is -1.55. The average molecular weight is 306 g/mol. The van der Waals surface area contributed by atoms with Gasteiger partial charge in [0, 0.05) is 12.5 Å². The van der Waals surface area contributed by atoms with E-state index < -0.39 is 18.4 Å². The fourth-order valence-corrected chi connectivity index (χ4v) is 2.81. The molecule has 108 valence electrons. The molecule has 0 aliphatic carbocycles. The van der Waals surface area contributed by atoms with Crippen LogP contribution in [-0.4, -0.2) is 45.0 Å². The predicted molar refractivity (Wildman–Crippen MR) is 61.6 cm³/mol. The van der Waals surface area contributed by atoms with Crippen LogP contribution in [0.1, 0.15) is 23.2 Å². The summed E-state index contributed by atoms with van der Waals surface area (Å²) in [7, 11) is 0. The highest BCUT2D eigenvalue weighted by atomic mass is 32.1. The van der Waals surface area contributed by atoms with Crippen molar-refractivity contribution in [1.29, 1.82) is 0 Å². The zero-order chi connectivity index (χ0) is 14.3. The Morgan fingerprint density at radius 1 is 1.45 bits per heavy atom. The molecular formula is C10H9F3N4O2S. The van der Waals surface area contributed by atoms with E-state index in [-0.39, 0.29) is 10.9 Å². The van der Waals surface area contributed by atoms with Crippen LogP contribution in [0.4, 0.5) is 13.2 Å². The molecule has 0 spiro atoms. The first-order chi connectivity index (χ1) is 9.45. The summed E-state index contributed by atoms with van der Waals surface area (Å²) in [5, 5.41) is 11.9. The van der Waals surface area contributed by atoms with Crippen molar-refractivity contribution in [3.05, 3.63) is 10.8 Å². The molecule has 2 aromatic rings. The van der Waals surface area contributed by atoms with Crippen molar-refractivity contribution in [3.63, 3.8) is 0 Å². The predicted octanol–water partition coefficient (Wildman–Crippen LogP) is 1.36. The van der Waals surface area contributed by atoms with Gasteiger partial charge in [-0.1, -0.05) is 11.3 Å². The van der Waals surface area contributed by atoms with Crippen LogP contribution in [0.2, 0.25) is 0 Å².